The van der Waals surface area contributed by atoms with Crippen LogP contribution in [-0.2, 0) is 10.0 Å². The fraction of sp³-hybridized carbons (Fsp3) is 0.538. The van der Waals surface area contributed by atoms with Gasteiger partial charge in [0.1, 0.15) is 16.5 Å². The molecule has 0 radical (unpaired) electrons. The molecule has 0 aliphatic carbocycles. The number of aryl methyl sites for hydroxylation is 1. The largest absolute Gasteiger partial charge is 0.330 e. The molecule has 1 aliphatic rings. The van der Waals surface area contributed by atoms with Crippen molar-refractivity contribution >= 4 is 22.4 Å². The van der Waals surface area contributed by atoms with Crippen molar-refractivity contribution in [1.82, 2.24) is 4.31 Å². The molecule has 21 heavy (non-hydrogen) atoms. The first kappa shape index (κ1) is 18.3. The van der Waals surface area contributed by atoms with E-state index in [1.54, 1.807) is 0 Å². The van der Waals surface area contributed by atoms with Gasteiger partial charge in [-0.1, -0.05) is 6.92 Å². The summed E-state index contributed by atoms with van der Waals surface area (Å²) in [6.45, 7) is 4.22. The standard InChI is InChI=1S/C13H18F2N2O2S.ClH/c1-9-5-12(11(15)6-10(9)14)20(18,19)17-4-3-13(2,7-16)8-17;/h5-6H,3-4,7-8,16H2,1-2H3;1H. The van der Waals surface area contributed by atoms with Crippen LogP contribution < -0.4 is 5.73 Å². The average molecular weight is 341 g/mol. The number of nitrogens with two attached hydrogens (primary N) is 1. The lowest BCUT2D eigenvalue weighted by atomic mass is 9.90. The van der Waals surface area contributed by atoms with Gasteiger partial charge in [-0.25, -0.2) is 17.2 Å². The van der Waals surface area contributed by atoms with Crippen molar-refractivity contribution < 1.29 is 17.2 Å². The summed E-state index contributed by atoms with van der Waals surface area (Å²) >= 11 is 0. The molecule has 4 nitrogen and oxygen atoms in total. The van der Waals surface area contributed by atoms with Gasteiger partial charge >= 0.3 is 0 Å². The second-order valence-electron chi connectivity index (χ2n) is 5.64. The van der Waals surface area contributed by atoms with Gasteiger partial charge in [0.2, 0.25) is 10.0 Å². The van der Waals surface area contributed by atoms with Gasteiger partial charge in [0.05, 0.1) is 0 Å². The van der Waals surface area contributed by atoms with Gasteiger partial charge in [-0.3, -0.25) is 0 Å². The minimum absolute atomic E-state index is 0. The van der Waals surface area contributed by atoms with Gasteiger partial charge in [-0.2, -0.15) is 4.31 Å². The zero-order chi connectivity index (χ0) is 15.1. The topological polar surface area (TPSA) is 63.4 Å². The van der Waals surface area contributed by atoms with Crippen LogP contribution in [-0.4, -0.2) is 32.4 Å². The zero-order valence-electron chi connectivity index (χ0n) is 11.9. The molecule has 8 heteroatoms. The van der Waals surface area contributed by atoms with E-state index in [0.717, 1.165) is 6.07 Å². The number of halogens is 3. The van der Waals surface area contributed by atoms with E-state index in [4.69, 9.17) is 5.73 Å². The normalized spacial score (nSPS) is 23.1. The van der Waals surface area contributed by atoms with E-state index >= 15 is 0 Å². The Morgan fingerprint density at radius 3 is 2.48 bits per heavy atom. The third-order valence-electron chi connectivity index (χ3n) is 3.85. The molecule has 1 aromatic rings. The number of nitrogens with zero attached hydrogens (tertiary/aromatic N) is 1. The maximum Gasteiger partial charge on any atom is 0.246 e. The predicted octanol–water partition coefficient (Wildman–Crippen LogP) is 2.05. The van der Waals surface area contributed by atoms with Crippen molar-refractivity contribution in [2.45, 2.75) is 25.2 Å². The Morgan fingerprint density at radius 1 is 1.33 bits per heavy atom. The van der Waals surface area contributed by atoms with Crippen LogP contribution >= 0.6 is 12.4 Å². The van der Waals surface area contributed by atoms with Crippen molar-refractivity contribution in [2.75, 3.05) is 19.6 Å². The quantitative estimate of drug-likeness (QED) is 0.916. The average Bonchev–Trinajstić information content (AvgIpc) is 2.78. The Morgan fingerprint density at radius 2 is 1.95 bits per heavy atom. The molecule has 1 unspecified atom stereocenters. The predicted molar refractivity (Wildman–Crippen MR) is 78.9 cm³/mol. The summed E-state index contributed by atoms with van der Waals surface area (Å²) in [5.74, 6) is -1.82. The molecule has 0 saturated carbocycles. The Kier molecular flexibility index (Phi) is 5.36. The molecule has 120 valence electrons. The first-order valence-corrected chi connectivity index (χ1v) is 7.79. The molecule has 1 aromatic carbocycles. The maximum absolute atomic E-state index is 13.8. The van der Waals surface area contributed by atoms with E-state index in [2.05, 4.69) is 0 Å². The highest BCUT2D eigenvalue weighted by Crippen LogP contribution is 2.33. The van der Waals surface area contributed by atoms with Crippen molar-refractivity contribution in [3.63, 3.8) is 0 Å². The van der Waals surface area contributed by atoms with Gasteiger partial charge in [0.25, 0.3) is 0 Å². The Balaban J connectivity index is 0.00000220. The maximum atomic E-state index is 13.8. The molecular formula is C13H19ClF2N2O2S. The van der Waals surface area contributed by atoms with E-state index in [-0.39, 0.29) is 29.9 Å². The number of hydrogen-bond acceptors (Lipinski definition) is 3. The van der Waals surface area contributed by atoms with Gasteiger partial charge < -0.3 is 5.73 Å². The Labute approximate surface area is 129 Å². The van der Waals surface area contributed by atoms with Gasteiger partial charge in [-0.05, 0) is 36.9 Å². The highest BCUT2D eigenvalue weighted by atomic mass is 35.5. The van der Waals surface area contributed by atoms with Crippen LogP contribution in [0.15, 0.2) is 17.0 Å². The monoisotopic (exact) mass is 340 g/mol. The fourth-order valence-electron chi connectivity index (χ4n) is 2.32. The summed E-state index contributed by atoms with van der Waals surface area (Å²) < 4.78 is 53.1. The van der Waals surface area contributed by atoms with Crippen LogP contribution in [0.25, 0.3) is 0 Å². The SMILES string of the molecule is Cc1cc(S(=O)(=O)N2CCC(C)(CN)C2)c(F)cc1F.Cl. The molecule has 1 aliphatic heterocycles. The molecule has 1 saturated heterocycles. The minimum atomic E-state index is -3.95. The van der Waals surface area contributed by atoms with Gasteiger partial charge in [0, 0.05) is 19.2 Å². The van der Waals surface area contributed by atoms with Gasteiger partial charge in [-0.15, -0.1) is 12.4 Å². The summed E-state index contributed by atoms with van der Waals surface area (Å²) in [6.07, 6.45) is 0.629. The molecule has 0 amide bonds. The molecule has 2 N–H and O–H groups in total. The van der Waals surface area contributed by atoms with E-state index in [1.165, 1.54) is 11.2 Å². The number of rotatable bonds is 3. The third-order valence-corrected chi connectivity index (χ3v) is 5.71. The molecule has 1 fully saturated rings. The molecular weight excluding hydrogens is 322 g/mol. The summed E-state index contributed by atoms with van der Waals surface area (Å²) in [6, 6.07) is 1.65. The van der Waals surface area contributed by atoms with Gasteiger partial charge in [0.15, 0.2) is 0 Å². The zero-order valence-corrected chi connectivity index (χ0v) is 13.5. The molecule has 0 bridgehead atoms. The summed E-state index contributed by atoms with van der Waals surface area (Å²) in [5.41, 5.74) is 5.45. The molecule has 2 rings (SSSR count). The number of hydrogen-bond donors (Lipinski definition) is 1. The highest BCUT2D eigenvalue weighted by Gasteiger charge is 2.40. The lowest BCUT2D eigenvalue weighted by molar-refractivity contribution is 0.349. The smallest absolute Gasteiger partial charge is 0.246 e. The second kappa shape index (κ2) is 6.16. The Bertz CT molecular complexity index is 639. The van der Waals surface area contributed by atoms with E-state index in [9.17, 15) is 17.2 Å². The van der Waals surface area contributed by atoms with Crippen molar-refractivity contribution in [1.29, 1.82) is 0 Å². The van der Waals surface area contributed by atoms with E-state index < -0.39 is 26.6 Å². The lowest BCUT2D eigenvalue weighted by Crippen LogP contribution is -2.34. The first-order valence-electron chi connectivity index (χ1n) is 6.35. The molecule has 1 atom stereocenters. The summed E-state index contributed by atoms with van der Waals surface area (Å²) in [4.78, 5) is -0.474. The third kappa shape index (κ3) is 3.36. The van der Waals surface area contributed by atoms with E-state index in [0.29, 0.717) is 25.6 Å². The van der Waals surface area contributed by atoms with E-state index in [1.807, 2.05) is 6.92 Å². The highest BCUT2D eigenvalue weighted by molar-refractivity contribution is 7.89. The summed E-state index contributed by atoms with van der Waals surface area (Å²) in [7, 11) is -3.95. The van der Waals surface area contributed by atoms with Crippen LogP contribution in [0.3, 0.4) is 0 Å². The van der Waals surface area contributed by atoms with Crippen LogP contribution in [0.5, 0.6) is 0 Å². The first-order chi connectivity index (χ1) is 9.19. The van der Waals surface area contributed by atoms with Crippen LogP contribution in [0.2, 0.25) is 0 Å². The van der Waals surface area contributed by atoms with Crippen LogP contribution in [0, 0.1) is 24.0 Å². The molecule has 0 aromatic heterocycles. The summed E-state index contributed by atoms with van der Waals surface area (Å²) in [5, 5.41) is 0. The molecule has 1 heterocycles. The number of benzene rings is 1. The van der Waals surface area contributed by atoms with Crippen LogP contribution in [0.1, 0.15) is 18.9 Å². The van der Waals surface area contributed by atoms with Crippen LogP contribution in [0.4, 0.5) is 8.78 Å². The van der Waals surface area contributed by atoms with Crippen molar-refractivity contribution in [3.05, 3.63) is 29.3 Å². The van der Waals surface area contributed by atoms with Crippen molar-refractivity contribution in [2.24, 2.45) is 11.1 Å². The minimum Gasteiger partial charge on any atom is -0.330 e. The molecule has 0 spiro atoms. The number of sulfonamides is 1. The fourth-order valence-corrected chi connectivity index (χ4v) is 4.04. The second-order valence-corrected chi connectivity index (χ2v) is 7.54. The Hall–Kier alpha value is -0.760. The lowest BCUT2D eigenvalue weighted by Gasteiger charge is -2.22. The van der Waals surface area contributed by atoms with Crippen molar-refractivity contribution in [3.8, 4) is 0 Å².